The lowest BCUT2D eigenvalue weighted by Gasteiger charge is -2.05. The van der Waals surface area contributed by atoms with Crippen LogP contribution >= 0.6 is 22.9 Å². The maximum atomic E-state index is 13.3. The number of thiophene rings is 1. The van der Waals surface area contributed by atoms with Crippen LogP contribution in [-0.4, -0.2) is 14.3 Å². The maximum absolute atomic E-state index is 13.3. The number of halogens is 2. The molecule has 5 nitrogen and oxygen atoms in total. The molecule has 2 aromatic carbocycles. The van der Waals surface area contributed by atoms with E-state index in [1.807, 2.05) is 0 Å². The minimum atomic E-state index is -3.80. The molecule has 124 valence electrons. The summed E-state index contributed by atoms with van der Waals surface area (Å²) in [7, 11) is -3.80. The van der Waals surface area contributed by atoms with E-state index in [9.17, 15) is 17.6 Å². The maximum Gasteiger partial charge on any atom is 0.267 e. The molecule has 0 unspecified atom stereocenters. The number of anilines is 1. The van der Waals surface area contributed by atoms with Gasteiger partial charge in [-0.2, -0.15) is 0 Å². The van der Waals surface area contributed by atoms with Gasteiger partial charge < -0.3 is 5.32 Å². The highest BCUT2D eigenvalue weighted by atomic mass is 35.5. The summed E-state index contributed by atoms with van der Waals surface area (Å²) in [5.41, 5.74) is 0.382. The molecule has 1 aromatic heterocycles. The van der Waals surface area contributed by atoms with Crippen molar-refractivity contribution in [2.45, 2.75) is 4.90 Å². The number of nitrogens with two attached hydrogens (primary N) is 1. The SMILES string of the molecule is NS(=O)(=O)c1ccc(NC(=O)c2sc3cc(F)ccc3c2Cl)cc1. The number of carbonyl (C=O) groups excluding carboxylic acids is 1. The Morgan fingerprint density at radius 3 is 2.46 bits per heavy atom. The molecule has 0 aliphatic heterocycles. The predicted molar refractivity (Wildman–Crippen MR) is 92.6 cm³/mol. The molecule has 9 heteroatoms. The van der Waals surface area contributed by atoms with E-state index in [1.54, 1.807) is 0 Å². The number of carbonyl (C=O) groups is 1. The molecule has 0 saturated carbocycles. The summed E-state index contributed by atoms with van der Waals surface area (Å²) >= 11 is 7.26. The fourth-order valence-corrected chi connectivity index (χ4v) is 4.05. The Balaban J connectivity index is 1.89. The smallest absolute Gasteiger partial charge is 0.267 e. The fraction of sp³-hybridized carbons (Fsp3) is 0. The highest BCUT2D eigenvalue weighted by Gasteiger charge is 2.18. The van der Waals surface area contributed by atoms with E-state index in [-0.39, 0.29) is 14.8 Å². The largest absolute Gasteiger partial charge is 0.321 e. The molecule has 0 aliphatic carbocycles. The van der Waals surface area contributed by atoms with Gasteiger partial charge in [0.1, 0.15) is 10.7 Å². The Hall–Kier alpha value is -2.00. The van der Waals surface area contributed by atoms with Crippen LogP contribution in [0.1, 0.15) is 9.67 Å². The van der Waals surface area contributed by atoms with E-state index in [0.717, 1.165) is 11.3 Å². The van der Waals surface area contributed by atoms with Crippen LogP contribution in [0.25, 0.3) is 10.1 Å². The van der Waals surface area contributed by atoms with Gasteiger partial charge in [-0.15, -0.1) is 11.3 Å². The van der Waals surface area contributed by atoms with Crippen molar-refractivity contribution in [3.05, 3.63) is 58.2 Å². The van der Waals surface area contributed by atoms with Crippen molar-refractivity contribution in [1.82, 2.24) is 0 Å². The Labute approximate surface area is 145 Å². The second-order valence-electron chi connectivity index (χ2n) is 4.91. The monoisotopic (exact) mass is 384 g/mol. The summed E-state index contributed by atoms with van der Waals surface area (Å²) in [6.45, 7) is 0. The Kier molecular flexibility index (Phi) is 4.31. The standard InChI is InChI=1S/C15H10ClFN2O3S2/c16-13-11-6-1-8(17)7-12(11)23-14(13)15(20)19-9-2-4-10(5-3-9)24(18,21)22/h1-7H,(H,19,20)(H2,18,21,22). The van der Waals surface area contributed by atoms with Crippen LogP contribution in [0.2, 0.25) is 5.02 Å². The van der Waals surface area contributed by atoms with Crippen molar-refractivity contribution in [1.29, 1.82) is 0 Å². The first-order chi connectivity index (χ1) is 11.3. The number of amides is 1. The number of hydrogen-bond acceptors (Lipinski definition) is 4. The second kappa shape index (κ2) is 6.14. The Bertz CT molecular complexity index is 1050. The number of nitrogens with one attached hydrogen (secondary N) is 1. The average molecular weight is 385 g/mol. The molecule has 0 radical (unpaired) electrons. The summed E-state index contributed by atoms with van der Waals surface area (Å²) in [4.78, 5) is 12.5. The molecule has 3 rings (SSSR count). The molecule has 0 atom stereocenters. The van der Waals surface area contributed by atoms with Gasteiger partial charge in [0.15, 0.2) is 0 Å². The molecule has 0 fully saturated rings. The number of rotatable bonds is 3. The van der Waals surface area contributed by atoms with Crippen molar-refractivity contribution in [2.75, 3.05) is 5.32 Å². The van der Waals surface area contributed by atoms with Crippen LogP contribution in [-0.2, 0) is 10.0 Å². The molecular formula is C15H10ClFN2O3S2. The minimum absolute atomic E-state index is 0.0594. The lowest BCUT2D eigenvalue weighted by Crippen LogP contribution is -2.13. The zero-order chi connectivity index (χ0) is 17.5. The average Bonchev–Trinajstić information content (AvgIpc) is 2.83. The van der Waals surface area contributed by atoms with Gasteiger partial charge in [0.25, 0.3) is 5.91 Å². The Morgan fingerprint density at radius 2 is 1.83 bits per heavy atom. The molecule has 0 aliphatic rings. The van der Waals surface area contributed by atoms with Gasteiger partial charge in [0.2, 0.25) is 10.0 Å². The zero-order valence-corrected chi connectivity index (χ0v) is 14.3. The van der Waals surface area contributed by atoms with Crippen LogP contribution < -0.4 is 10.5 Å². The van der Waals surface area contributed by atoms with Crippen molar-refractivity contribution in [3.8, 4) is 0 Å². The van der Waals surface area contributed by atoms with Crippen molar-refractivity contribution >= 4 is 54.6 Å². The molecule has 1 amide bonds. The minimum Gasteiger partial charge on any atom is -0.321 e. The van der Waals surface area contributed by atoms with Crippen LogP contribution in [0.15, 0.2) is 47.4 Å². The summed E-state index contributed by atoms with van der Waals surface area (Å²) in [6, 6.07) is 9.50. The van der Waals surface area contributed by atoms with E-state index >= 15 is 0 Å². The summed E-state index contributed by atoms with van der Waals surface area (Å²) in [5.74, 6) is -0.879. The van der Waals surface area contributed by atoms with E-state index in [1.165, 1.54) is 42.5 Å². The third kappa shape index (κ3) is 3.27. The first kappa shape index (κ1) is 16.8. The van der Waals surface area contributed by atoms with Gasteiger partial charge in [-0.1, -0.05) is 11.6 Å². The highest BCUT2D eigenvalue weighted by Crippen LogP contribution is 2.36. The van der Waals surface area contributed by atoms with Gasteiger partial charge in [-0.3, -0.25) is 4.79 Å². The molecular weight excluding hydrogens is 375 g/mol. The van der Waals surface area contributed by atoms with E-state index in [0.29, 0.717) is 15.8 Å². The first-order valence-electron chi connectivity index (χ1n) is 6.57. The summed E-state index contributed by atoms with van der Waals surface area (Å²) in [5, 5.41) is 8.46. The van der Waals surface area contributed by atoms with Crippen molar-refractivity contribution in [2.24, 2.45) is 5.14 Å². The fourth-order valence-electron chi connectivity index (χ4n) is 2.10. The first-order valence-corrected chi connectivity index (χ1v) is 9.31. The lowest BCUT2D eigenvalue weighted by molar-refractivity contribution is 0.103. The van der Waals surface area contributed by atoms with Gasteiger partial charge in [-0.25, -0.2) is 17.9 Å². The quantitative estimate of drug-likeness (QED) is 0.723. The topological polar surface area (TPSA) is 89.3 Å². The number of sulfonamides is 1. The Morgan fingerprint density at radius 1 is 1.17 bits per heavy atom. The van der Waals surface area contributed by atoms with Gasteiger partial charge in [-0.05, 0) is 42.5 Å². The van der Waals surface area contributed by atoms with Gasteiger partial charge >= 0.3 is 0 Å². The molecule has 1 heterocycles. The number of benzene rings is 2. The van der Waals surface area contributed by atoms with Crippen LogP contribution in [0.3, 0.4) is 0 Å². The third-order valence-electron chi connectivity index (χ3n) is 3.24. The number of hydrogen-bond donors (Lipinski definition) is 2. The molecule has 0 spiro atoms. The van der Waals surface area contributed by atoms with Gasteiger partial charge in [0.05, 0.1) is 9.92 Å². The van der Waals surface area contributed by atoms with E-state index < -0.39 is 21.7 Å². The zero-order valence-electron chi connectivity index (χ0n) is 11.9. The summed E-state index contributed by atoms with van der Waals surface area (Å²) in [6.07, 6.45) is 0. The molecule has 3 N–H and O–H groups in total. The third-order valence-corrected chi connectivity index (χ3v) is 5.82. The highest BCUT2D eigenvalue weighted by molar-refractivity contribution is 7.89. The van der Waals surface area contributed by atoms with Crippen molar-refractivity contribution in [3.63, 3.8) is 0 Å². The molecule has 0 saturated heterocycles. The van der Waals surface area contributed by atoms with Crippen LogP contribution in [0, 0.1) is 5.82 Å². The normalized spacial score (nSPS) is 11.6. The number of fused-ring (bicyclic) bond motifs is 1. The molecule has 0 bridgehead atoms. The van der Waals surface area contributed by atoms with Crippen LogP contribution in [0.4, 0.5) is 10.1 Å². The summed E-state index contributed by atoms with van der Waals surface area (Å²) < 4.78 is 36.2. The lowest BCUT2D eigenvalue weighted by atomic mass is 10.2. The predicted octanol–water partition coefficient (Wildman–Crippen LogP) is 3.59. The molecule has 24 heavy (non-hydrogen) atoms. The van der Waals surface area contributed by atoms with Crippen molar-refractivity contribution < 1.29 is 17.6 Å². The van der Waals surface area contributed by atoms with Crippen LogP contribution in [0.5, 0.6) is 0 Å². The molecule has 3 aromatic rings. The van der Waals surface area contributed by atoms with E-state index in [4.69, 9.17) is 16.7 Å². The van der Waals surface area contributed by atoms with Gasteiger partial charge in [0, 0.05) is 15.8 Å². The second-order valence-corrected chi connectivity index (χ2v) is 7.90. The van der Waals surface area contributed by atoms with E-state index in [2.05, 4.69) is 5.32 Å². The number of primary sulfonamides is 1.